The molecule has 106 valence electrons. The van der Waals surface area contributed by atoms with Gasteiger partial charge in [0.2, 0.25) is 0 Å². The first kappa shape index (κ1) is 13.7. The zero-order valence-electron chi connectivity index (χ0n) is 12.1. The first-order valence-corrected chi connectivity index (χ1v) is 8.14. The second kappa shape index (κ2) is 5.98. The number of benzene rings is 1. The summed E-state index contributed by atoms with van der Waals surface area (Å²) in [7, 11) is 1.74. The van der Waals surface area contributed by atoms with Crippen molar-refractivity contribution in [1.29, 1.82) is 0 Å². The maximum absolute atomic E-state index is 5.34. The van der Waals surface area contributed by atoms with Gasteiger partial charge in [-0.1, -0.05) is 6.07 Å². The van der Waals surface area contributed by atoms with Crippen LogP contribution in [-0.4, -0.2) is 13.2 Å². The van der Waals surface area contributed by atoms with E-state index in [4.69, 9.17) is 4.74 Å². The largest absolute Gasteiger partial charge is 0.497 e. The summed E-state index contributed by atoms with van der Waals surface area (Å²) in [5.74, 6) is 0.968. The lowest BCUT2D eigenvalue weighted by atomic mass is 9.87. The summed E-state index contributed by atoms with van der Waals surface area (Å²) in [4.78, 5) is 0. The van der Waals surface area contributed by atoms with Crippen LogP contribution in [0, 0.1) is 0 Å². The fourth-order valence-electron chi connectivity index (χ4n) is 2.97. The minimum Gasteiger partial charge on any atom is -0.497 e. The van der Waals surface area contributed by atoms with Crippen LogP contribution < -0.4 is 10.1 Å². The van der Waals surface area contributed by atoms with Gasteiger partial charge in [0.15, 0.2) is 0 Å². The van der Waals surface area contributed by atoms with Gasteiger partial charge in [0, 0.05) is 12.1 Å². The molecule has 2 unspecified atom stereocenters. The summed E-state index contributed by atoms with van der Waals surface area (Å²) in [5, 5.41) is 8.15. The van der Waals surface area contributed by atoms with Gasteiger partial charge in [-0.3, -0.25) is 0 Å². The molecule has 0 saturated heterocycles. The molecule has 0 radical (unpaired) electrons. The third kappa shape index (κ3) is 2.89. The van der Waals surface area contributed by atoms with Crippen LogP contribution in [0.1, 0.15) is 36.1 Å². The molecule has 2 nitrogen and oxygen atoms in total. The van der Waals surface area contributed by atoms with Gasteiger partial charge in [0.25, 0.3) is 0 Å². The van der Waals surface area contributed by atoms with E-state index in [1.807, 2.05) is 0 Å². The Labute approximate surface area is 124 Å². The van der Waals surface area contributed by atoms with Gasteiger partial charge in [0.05, 0.1) is 7.11 Å². The van der Waals surface area contributed by atoms with Crippen molar-refractivity contribution in [2.45, 2.75) is 38.3 Å². The van der Waals surface area contributed by atoms with Crippen molar-refractivity contribution in [3.63, 3.8) is 0 Å². The number of fused-ring (bicyclic) bond motifs is 1. The summed E-state index contributed by atoms with van der Waals surface area (Å²) in [6, 6.07) is 9.68. The van der Waals surface area contributed by atoms with Gasteiger partial charge >= 0.3 is 0 Å². The Morgan fingerprint density at radius 3 is 2.95 bits per heavy atom. The molecule has 1 aliphatic carbocycles. The zero-order chi connectivity index (χ0) is 13.9. The van der Waals surface area contributed by atoms with Gasteiger partial charge in [-0.25, -0.2) is 0 Å². The first-order valence-electron chi connectivity index (χ1n) is 7.20. The standard InChI is InChI=1S/C17H21NOS/c1-12(14-7-8-20-11-14)18-16-5-3-13-4-6-17(19-2)10-15(13)9-16/h4,6-8,10-12,16,18H,3,5,9H2,1-2H3. The maximum Gasteiger partial charge on any atom is 0.119 e. The molecule has 0 aliphatic heterocycles. The van der Waals surface area contributed by atoms with E-state index in [1.54, 1.807) is 18.4 Å². The Morgan fingerprint density at radius 2 is 2.20 bits per heavy atom. The molecule has 1 heterocycles. The lowest BCUT2D eigenvalue weighted by Gasteiger charge is -2.28. The summed E-state index contributed by atoms with van der Waals surface area (Å²) in [6.45, 7) is 2.25. The van der Waals surface area contributed by atoms with E-state index in [0.717, 1.165) is 18.6 Å². The van der Waals surface area contributed by atoms with Crippen molar-refractivity contribution >= 4 is 11.3 Å². The van der Waals surface area contributed by atoms with Gasteiger partial charge in [0.1, 0.15) is 5.75 Å². The highest BCUT2D eigenvalue weighted by Crippen LogP contribution is 2.27. The molecule has 1 aliphatic rings. The Balaban J connectivity index is 1.68. The molecule has 3 rings (SSSR count). The lowest BCUT2D eigenvalue weighted by molar-refractivity contribution is 0.403. The van der Waals surface area contributed by atoms with Gasteiger partial charge in [-0.2, -0.15) is 11.3 Å². The number of ether oxygens (including phenoxy) is 1. The topological polar surface area (TPSA) is 21.3 Å². The smallest absolute Gasteiger partial charge is 0.119 e. The Bertz CT molecular complexity index is 564. The number of methoxy groups -OCH3 is 1. The average molecular weight is 287 g/mol. The van der Waals surface area contributed by atoms with Gasteiger partial charge in [-0.05, 0) is 71.8 Å². The monoisotopic (exact) mass is 287 g/mol. The zero-order valence-corrected chi connectivity index (χ0v) is 12.9. The second-order valence-corrected chi connectivity index (χ2v) is 6.30. The van der Waals surface area contributed by atoms with Crippen LogP contribution in [0.25, 0.3) is 0 Å². The van der Waals surface area contributed by atoms with Crippen LogP contribution in [0.3, 0.4) is 0 Å². The molecule has 20 heavy (non-hydrogen) atoms. The number of thiophene rings is 1. The van der Waals surface area contributed by atoms with Crippen molar-refractivity contribution in [1.82, 2.24) is 5.32 Å². The molecule has 2 atom stereocenters. The number of rotatable bonds is 4. The molecule has 1 aromatic carbocycles. The van der Waals surface area contributed by atoms with E-state index in [0.29, 0.717) is 12.1 Å². The van der Waals surface area contributed by atoms with E-state index in [1.165, 1.54) is 23.1 Å². The van der Waals surface area contributed by atoms with Crippen LogP contribution in [0.2, 0.25) is 0 Å². The van der Waals surface area contributed by atoms with Gasteiger partial charge in [-0.15, -0.1) is 0 Å². The molecular formula is C17H21NOS. The minimum atomic E-state index is 0.429. The summed E-state index contributed by atoms with van der Waals surface area (Å²) >= 11 is 1.77. The number of aryl methyl sites for hydroxylation is 1. The number of nitrogens with one attached hydrogen (secondary N) is 1. The maximum atomic E-state index is 5.34. The number of hydrogen-bond donors (Lipinski definition) is 1. The summed E-state index contributed by atoms with van der Waals surface area (Å²) in [6.07, 6.45) is 3.47. The van der Waals surface area contributed by atoms with Crippen molar-refractivity contribution < 1.29 is 4.74 Å². The molecular weight excluding hydrogens is 266 g/mol. The summed E-state index contributed by atoms with van der Waals surface area (Å²) in [5.41, 5.74) is 4.31. The highest BCUT2D eigenvalue weighted by Gasteiger charge is 2.20. The third-order valence-electron chi connectivity index (χ3n) is 4.17. The van der Waals surface area contributed by atoms with Crippen LogP contribution in [-0.2, 0) is 12.8 Å². The fourth-order valence-corrected chi connectivity index (χ4v) is 3.73. The molecule has 1 N–H and O–H groups in total. The van der Waals surface area contributed by atoms with Crippen molar-refractivity contribution in [2.75, 3.05) is 7.11 Å². The quantitative estimate of drug-likeness (QED) is 0.919. The molecule has 1 aromatic heterocycles. The Hall–Kier alpha value is -1.32. The van der Waals surface area contributed by atoms with Crippen LogP contribution >= 0.6 is 11.3 Å². The van der Waals surface area contributed by atoms with Gasteiger partial charge < -0.3 is 10.1 Å². The van der Waals surface area contributed by atoms with E-state index in [9.17, 15) is 0 Å². The second-order valence-electron chi connectivity index (χ2n) is 5.52. The van der Waals surface area contributed by atoms with Crippen LogP contribution in [0.4, 0.5) is 0 Å². The normalized spacial score (nSPS) is 19.4. The third-order valence-corrected chi connectivity index (χ3v) is 4.87. The van der Waals surface area contributed by atoms with Crippen LogP contribution in [0.5, 0.6) is 5.75 Å². The minimum absolute atomic E-state index is 0.429. The van der Waals surface area contributed by atoms with Crippen molar-refractivity contribution in [2.24, 2.45) is 0 Å². The predicted molar refractivity (Wildman–Crippen MR) is 84.7 cm³/mol. The molecule has 0 amide bonds. The van der Waals surface area contributed by atoms with E-state index >= 15 is 0 Å². The molecule has 0 spiro atoms. The molecule has 3 heteroatoms. The first-order chi connectivity index (χ1) is 9.76. The molecule has 0 fully saturated rings. The number of hydrogen-bond acceptors (Lipinski definition) is 3. The fraction of sp³-hybridized carbons (Fsp3) is 0.412. The molecule has 2 aromatic rings. The van der Waals surface area contributed by atoms with Crippen molar-refractivity contribution in [3.05, 3.63) is 51.7 Å². The highest BCUT2D eigenvalue weighted by molar-refractivity contribution is 7.07. The molecule has 0 bridgehead atoms. The Morgan fingerprint density at radius 1 is 1.30 bits per heavy atom. The average Bonchev–Trinajstić information content (AvgIpc) is 3.00. The lowest BCUT2D eigenvalue weighted by Crippen LogP contribution is -2.36. The van der Waals surface area contributed by atoms with Crippen LogP contribution in [0.15, 0.2) is 35.0 Å². The van der Waals surface area contributed by atoms with E-state index in [-0.39, 0.29) is 0 Å². The molecule has 0 saturated carbocycles. The highest BCUT2D eigenvalue weighted by atomic mass is 32.1. The summed E-state index contributed by atoms with van der Waals surface area (Å²) < 4.78 is 5.34. The Kier molecular flexibility index (Phi) is 4.08. The SMILES string of the molecule is COc1ccc2c(c1)CC(NC(C)c1ccsc1)CC2. The predicted octanol–water partition coefficient (Wildman–Crippen LogP) is 3.96. The van der Waals surface area contributed by atoms with E-state index < -0.39 is 0 Å². The van der Waals surface area contributed by atoms with E-state index in [2.05, 4.69) is 47.3 Å². The van der Waals surface area contributed by atoms with Crippen molar-refractivity contribution in [3.8, 4) is 5.75 Å².